The van der Waals surface area contributed by atoms with Crippen LogP contribution in [0.15, 0.2) is 24.3 Å². The summed E-state index contributed by atoms with van der Waals surface area (Å²) in [7, 11) is 2.64. The highest BCUT2D eigenvalue weighted by Crippen LogP contribution is 2.08. The molecular formula is C12H20NOP. The van der Waals surface area contributed by atoms with Crippen molar-refractivity contribution in [2.24, 2.45) is 0 Å². The molecule has 0 saturated carbocycles. The fourth-order valence-corrected chi connectivity index (χ4v) is 1.36. The Labute approximate surface area is 94.7 Å². The Morgan fingerprint density at radius 1 is 1.40 bits per heavy atom. The number of hydrogen-bond acceptors (Lipinski definition) is 1. The second-order valence-corrected chi connectivity index (χ2v) is 3.17. The average molecular weight is 225 g/mol. The first-order valence-electron chi connectivity index (χ1n) is 5.35. The van der Waals surface area contributed by atoms with Crippen molar-refractivity contribution in [1.29, 1.82) is 0 Å². The van der Waals surface area contributed by atoms with Crippen molar-refractivity contribution in [2.75, 3.05) is 6.54 Å². The zero-order valence-corrected chi connectivity index (χ0v) is 10.9. The van der Waals surface area contributed by atoms with Crippen LogP contribution in [0, 0.1) is 0 Å². The minimum absolute atomic E-state index is 0.00259. The number of hydrogen-bond donors (Lipinski definition) is 1. The molecule has 1 amide bonds. The Morgan fingerprint density at radius 2 is 2.07 bits per heavy atom. The van der Waals surface area contributed by atoms with Gasteiger partial charge in [-0.15, -0.1) is 9.24 Å². The van der Waals surface area contributed by atoms with E-state index in [1.54, 1.807) is 0 Å². The smallest absolute Gasteiger partial charge is 0.251 e. The molecule has 0 saturated heterocycles. The fraction of sp³-hybridized carbons (Fsp3) is 0.417. The molecule has 1 atom stereocenters. The van der Waals surface area contributed by atoms with Gasteiger partial charge >= 0.3 is 0 Å². The number of nitrogens with one attached hydrogen (secondary N) is 1. The highest BCUT2D eigenvalue weighted by Gasteiger charge is 2.02. The molecule has 1 aromatic carbocycles. The van der Waals surface area contributed by atoms with E-state index in [0.717, 1.165) is 17.3 Å². The third kappa shape index (κ3) is 4.94. The lowest BCUT2D eigenvalue weighted by atomic mass is 10.1. The molecule has 0 aromatic heterocycles. The van der Waals surface area contributed by atoms with Crippen LogP contribution in [0.2, 0.25) is 0 Å². The number of benzene rings is 1. The van der Waals surface area contributed by atoms with Gasteiger partial charge in [0.15, 0.2) is 0 Å². The van der Waals surface area contributed by atoms with Crippen LogP contribution in [0.1, 0.15) is 36.7 Å². The lowest BCUT2D eigenvalue weighted by molar-refractivity contribution is 0.0956. The summed E-state index contributed by atoms with van der Waals surface area (Å²) in [4.78, 5) is 11.4. The molecule has 1 unspecified atom stereocenters. The second-order valence-electron chi connectivity index (χ2n) is 2.76. The monoisotopic (exact) mass is 225 g/mol. The Kier molecular flexibility index (Phi) is 7.94. The first kappa shape index (κ1) is 14.1. The van der Waals surface area contributed by atoms with E-state index in [0.29, 0.717) is 6.54 Å². The number of amides is 1. The molecule has 0 aliphatic heterocycles. The summed E-state index contributed by atoms with van der Waals surface area (Å²) in [6, 6.07) is 7.66. The lowest BCUT2D eigenvalue weighted by Gasteiger charge is -2.03. The third-order valence-electron chi connectivity index (χ3n) is 1.76. The molecule has 0 heterocycles. The van der Waals surface area contributed by atoms with E-state index in [4.69, 9.17) is 0 Å². The van der Waals surface area contributed by atoms with Crippen LogP contribution >= 0.6 is 9.24 Å². The van der Waals surface area contributed by atoms with Crippen molar-refractivity contribution in [1.82, 2.24) is 5.32 Å². The zero-order chi connectivity index (χ0) is 11.7. The molecule has 1 rings (SSSR count). The predicted octanol–water partition coefficient (Wildman–Crippen LogP) is 2.84. The Morgan fingerprint density at radius 3 is 2.60 bits per heavy atom. The molecule has 0 spiro atoms. The van der Waals surface area contributed by atoms with Crippen LogP contribution in [0.25, 0.3) is 0 Å². The van der Waals surface area contributed by atoms with Gasteiger partial charge in [0.1, 0.15) is 0 Å². The largest absolute Gasteiger partial charge is 0.352 e. The number of carbonyl (C=O) groups excluding carboxylic acids is 1. The van der Waals surface area contributed by atoms with E-state index in [9.17, 15) is 4.79 Å². The van der Waals surface area contributed by atoms with Gasteiger partial charge in [-0.1, -0.05) is 26.0 Å². The summed E-state index contributed by atoms with van der Waals surface area (Å²) in [5, 5.41) is 2.77. The maximum absolute atomic E-state index is 11.4. The molecule has 0 fully saturated rings. The maximum Gasteiger partial charge on any atom is 0.251 e. The van der Waals surface area contributed by atoms with Gasteiger partial charge in [0.2, 0.25) is 0 Å². The number of carbonyl (C=O) groups is 1. The van der Waals surface area contributed by atoms with Gasteiger partial charge in [-0.3, -0.25) is 4.79 Å². The van der Waals surface area contributed by atoms with Gasteiger partial charge in [0.25, 0.3) is 5.91 Å². The molecule has 0 bridgehead atoms. The van der Waals surface area contributed by atoms with Gasteiger partial charge in [0.05, 0.1) is 0 Å². The zero-order valence-electron chi connectivity index (χ0n) is 9.71. The predicted molar refractivity (Wildman–Crippen MR) is 69.2 cm³/mol. The fourth-order valence-electron chi connectivity index (χ4n) is 1.10. The van der Waals surface area contributed by atoms with Crippen molar-refractivity contribution >= 4 is 15.1 Å². The topological polar surface area (TPSA) is 29.1 Å². The Hall–Kier alpha value is -0.880. The minimum atomic E-state index is 0.00259. The third-order valence-corrected chi connectivity index (χ3v) is 2.23. The van der Waals surface area contributed by atoms with Gasteiger partial charge in [-0.25, -0.2) is 0 Å². The molecule has 84 valence electrons. The van der Waals surface area contributed by atoms with Crippen molar-refractivity contribution in [3.63, 3.8) is 0 Å². The molecular weight excluding hydrogens is 205 g/mol. The first-order valence-corrected chi connectivity index (χ1v) is 6.16. The van der Waals surface area contributed by atoms with Crippen LogP contribution in [-0.2, 0) is 6.16 Å². The lowest BCUT2D eigenvalue weighted by Crippen LogP contribution is -2.22. The summed E-state index contributed by atoms with van der Waals surface area (Å²) >= 11 is 0. The molecule has 0 aliphatic rings. The van der Waals surface area contributed by atoms with Gasteiger partial charge in [-0.05, 0) is 30.8 Å². The molecule has 15 heavy (non-hydrogen) atoms. The quantitative estimate of drug-likeness (QED) is 0.787. The van der Waals surface area contributed by atoms with E-state index >= 15 is 0 Å². The van der Waals surface area contributed by atoms with Gasteiger partial charge < -0.3 is 5.32 Å². The molecule has 0 radical (unpaired) electrons. The van der Waals surface area contributed by atoms with Crippen molar-refractivity contribution < 1.29 is 4.79 Å². The second kappa shape index (κ2) is 8.43. The van der Waals surface area contributed by atoms with Crippen molar-refractivity contribution in [2.45, 2.75) is 26.9 Å². The molecule has 3 heteroatoms. The Bertz CT molecular complexity index is 299. The van der Waals surface area contributed by atoms with Gasteiger partial charge in [0, 0.05) is 12.1 Å². The highest BCUT2D eigenvalue weighted by molar-refractivity contribution is 7.15. The van der Waals surface area contributed by atoms with E-state index in [2.05, 4.69) is 14.6 Å². The highest BCUT2D eigenvalue weighted by atomic mass is 31.0. The minimum Gasteiger partial charge on any atom is -0.352 e. The summed E-state index contributed by atoms with van der Waals surface area (Å²) in [6.45, 7) is 6.58. The van der Waals surface area contributed by atoms with Crippen LogP contribution in [0.5, 0.6) is 0 Å². The standard InChI is InChI=1S/C10H14NOP.C2H6/c1-2-11-10(12)9-5-3-4-8(6-9)7-13;1-2/h3-6H,2,7,13H2,1H3,(H,11,12);1-2H3. The van der Waals surface area contributed by atoms with Crippen molar-refractivity contribution in [3.8, 4) is 0 Å². The normalized spacial score (nSPS) is 8.80. The molecule has 2 nitrogen and oxygen atoms in total. The summed E-state index contributed by atoms with van der Waals surface area (Å²) in [5.74, 6) is 0.00259. The number of rotatable bonds is 3. The van der Waals surface area contributed by atoms with Crippen molar-refractivity contribution in [3.05, 3.63) is 35.4 Å². The van der Waals surface area contributed by atoms with E-state index in [1.165, 1.54) is 0 Å². The SMILES string of the molecule is CC.CCNC(=O)c1cccc(CP)c1. The molecule has 1 aromatic rings. The molecule has 1 N–H and O–H groups in total. The van der Waals surface area contributed by atoms with E-state index < -0.39 is 0 Å². The maximum atomic E-state index is 11.4. The Balaban J connectivity index is 0.000000921. The van der Waals surface area contributed by atoms with E-state index in [1.807, 2.05) is 45.0 Å². The van der Waals surface area contributed by atoms with E-state index in [-0.39, 0.29) is 5.91 Å². The first-order chi connectivity index (χ1) is 7.27. The van der Waals surface area contributed by atoms with Crippen LogP contribution in [0.3, 0.4) is 0 Å². The summed E-state index contributed by atoms with van der Waals surface area (Å²) < 4.78 is 0. The summed E-state index contributed by atoms with van der Waals surface area (Å²) in [5.41, 5.74) is 1.90. The molecule has 0 aliphatic carbocycles. The van der Waals surface area contributed by atoms with Crippen LogP contribution in [-0.4, -0.2) is 12.5 Å². The van der Waals surface area contributed by atoms with Gasteiger partial charge in [-0.2, -0.15) is 0 Å². The summed E-state index contributed by atoms with van der Waals surface area (Å²) in [6.07, 6.45) is 0.882. The average Bonchev–Trinajstić information content (AvgIpc) is 2.32. The van der Waals surface area contributed by atoms with Crippen LogP contribution in [0.4, 0.5) is 0 Å². The van der Waals surface area contributed by atoms with Crippen LogP contribution < -0.4 is 5.32 Å².